The number of rotatable bonds is 17. The third-order valence-corrected chi connectivity index (χ3v) is 4.70. The number of nitrogens with one attached hydrogen (secondary N) is 1. The molecule has 1 aromatic carbocycles. The van der Waals surface area contributed by atoms with Crippen molar-refractivity contribution in [1.29, 1.82) is 0 Å². The summed E-state index contributed by atoms with van der Waals surface area (Å²) in [7, 11) is 0. The zero-order chi connectivity index (χ0) is 24.7. The second-order valence-corrected chi connectivity index (χ2v) is 7.77. The Balaban J connectivity index is 2.08. The van der Waals surface area contributed by atoms with Crippen LogP contribution in [0.5, 0.6) is 0 Å². The average Bonchev–Trinajstić information content (AvgIpc) is 2.80. The van der Waals surface area contributed by atoms with Crippen molar-refractivity contribution in [1.82, 2.24) is 0 Å². The third kappa shape index (κ3) is 17.2. The molecule has 34 heavy (non-hydrogen) atoms. The van der Waals surface area contributed by atoms with Crippen LogP contribution in [-0.2, 0) is 16.0 Å². The molecule has 4 nitrogen and oxygen atoms in total. The Morgan fingerprint density at radius 2 is 1.26 bits per heavy atom. The van der Waals surface area contributed by atoms with Crippen molar-refractivity contribution in [3.63, 3.8) is 0 Å². The first-order valence-electron chi connectivity index (χ1n) is 12.1. The second-order valence-electron chi connectivity index (χ2n) is 7.77. The summed E-state index contributed by atoms with van der Waals surface area (Å²) in [5, 5.41) is 11.7. The molecule has 0 aromatic heterocycles. The first-order chi connectivity index (χ1) is 16.6. The van der Waals surface area contributed by atoms with E-state index in [2.05, 4.69) is 79.1 Å². The molecule has 4 heteroatoms. The van der Waals surface area contributed by atoms with Crippen LogP contribution in [0.15, 0.2) is 97.2 Å². The standard InChI is InChI=1S/C30H39NO3/c1-2-3-4-5-6-7-8-9-10-11-12-13-14-15-16-17-18-19-20-24-29(32)31-28-23-21-22-27(25-28)26-30(33)34/h3-4,6-7,9-10,12-13,15-16,18-19,21-23,25H,2,5,8,11,14,17,20,24,26H2,1H3,(H,31,32)(H,33,34). The zero-order valence-corrected chi connectivity index (χ0v) is 20.4. The van der Waals surface area contributed by atoms with Crippen molar-refractivity contribution in [2.75, 3.05) is 5.32 Å². The van der Waals surface area contributed by atoms with E-state index in [1.165, 1.54) is 0 Å². The number of benzene rings is 1. The SMILES string of the molecule is CCC=CCC=CCC=CCC=CCC=CCC=CCCC(=O)Nc1cccc(CC(=O)O)c1. The van der Waals surface area contributed by atoms with E-state index in [1.54, 1.807) is 24.3 Å². The van der Waals surface area contributed by atoms with Crippen molar-refractivity contribution in [3.05, 3.63) is 103 Å². The summed E-state index contributed by atoms with van der Waals surface area (Å²) in [5.41, 5.74) is 1.30. The number of hydrogen-bond donors (Lipinski definition) is 2. The number of carbonyl (C=O) groups is 2. The maximum Gasteiger partial charge on any atom is 0.307 e. The van der Waals surface area contributed by atoms with E-state index < -0.39 is 5.97 Å². The van der Waals surface area contributed by atoms with Gasteiger partial charge in [0, 0.05) is 12.1 Å². The van der Waals surface area contributed by atoms with Gasteiger partial charge < -0.3 is 10.4 Å². The van der Waals surface area contributed by atoms with Crippen LogP contribution in [0.3, 0.4) is 0 Å². The van der Waals surface area contributed by atoms with Gasteiger partial charge in [-0.1, -0.05) is 92.0 Å². The van der Waals surface area contributed by atoms with Gasteiger partial charge >= 0.3 is 5.97 Å². The fourth-order valence-electron chi connectivity index (χ4n) is 3.01. The molecule has 0 spiro atoms. The predicted octanol–water partition coefficient (Wildman–Crippen LogP) is 7.73. The van der Waals surface area contributed by atoms with Gasteiger partial charge in [-0.2, -0.15) is 0 Å². The van der Waals surface area contributed by atoms with Gasteiger partial charge in [0.15, 0.2) is 0 Å². The first kappa shape index (κ1) is 28.6. The molecule has 1 aromatic rings. The lowest BCUT2D eigenvalue weighted by atomic mass is 10.1. The molecular formula is C30H39NO3. The smallest absolute Gasteiger partial charge is 0.307 e. The maximum atomic E-state index is 12.0. The Hall–Kier alpha value is -3.40. The number of carboxylic acids is 1. The lowest BCUT2D eigenvalue weighted by Gasteiger charge is -2.05. The third-order valence-electron chi connectivity index (χ3n) is 4.70. The van der Waals surface area contributed by atoms with E-state index in [9.17, 15) is 9.59 Å². The van der Waals surface area contributed by atoms with Crippen LogP contribution in [0.2, 0.25) is 0 Å². The normalized spacial score (nSPS) is 12.4. The highest BCUT2D eigenvalue weighted by molar-refractivity contribution is 5.90. The molecule has 0 unspecified atom stereocenters. The summed E-state index contributed by atoms with van der Waals surface area (Å²) in [4.78, 5) is 22.8. The van der Waals surface area contributed by atoms with Gasteiger partial charge in [-0.3, -0.25) is 9.59 Å². The molecule has 1 rings (SSSR count). The molecule has 0 radical (unpaired) electrons. The molecule has 0 saturated carbocycles. The Labute approximate surface area is 205 Å². The molecule has 1 amide bonds. The van der Waals surface area contributed by atoms with E-state index in [0.29, 0.717) is 24.1 Å². The van der Waals surface area contributed by atoms with E-state index in [0.717, 1.165) is 38.5 Å². The number of aliphatic carboxylic acids is 1. The summed E-state index contributed by atoms with van der Waals surface area (Å²) >= 11 is 0. The van der Waals surface area contributed by atoms with Crippen molar-refractivity contribution >= 4 is 17.6 Å². The van der Waals surface area contributed by atoms with Crippen LogP contribution in [-0.4, -0.2) is 17.0 Å². The van der Waals surface area contributed by atoms with Gasteiger partial charge in [0.05, 0.1) is 6.42 Å². The number of carboxylic acid groups (broad SMARTS) is 1. The molecular weight excluding hydrogens is 422 g/mol. The molecule has 182 valence electrons. The van der Waals surface area contributed by atoms with Gasteiger partial charge in [0.25, 0.3) is 0 Å². The van der Waals surface area contributed by atoms with Gasteiger partial charge in [0.1, 0.15) is 0 Å². The van der Waals surface area contributed by atoms with Gasteiger partial charge in [-0.05, 0) is 62.6 Å². The van der Waals surface area contributed by atoms with Crippen molar-refractivity contribution in [2.45, 2.75) is 64.7 Å². The number of anilines is 1. The fourth-order valence-corrected chi connectivity index (χ4v) is 3.01. The second kappa shape index (κ2) is 20.2. The Kier molecular flexibility index (Phi) is 17.0. The lowest BCUT2D eigenvalue weighted by molar-refractivity contribution is -0.136. The summed E-state index contributed by atoms with van der Waals surface area (Å²) in [6, 6.07) is 6.95. The molecule has 0 aliphatic carbocycles. The van der Waals surface area contributed by atoms with Gasteiger partial charge in [-0.15, -0.1) is 0 Å². The van der Waals surface area contributed by atoms with Crippen LogP contribution in [0.4, 0.5) is 5.69 Å². The summed E-state index contributed by atoms with van der Waals surface area (Å²) in [6.07, 6.45) is 32.7. The molecule has 0 saturated heterocycles. The minimum Gasteiger partial charge on any atom is -0.481 e. The monoisotopic (exact) mass is 461 g/mol. The Morgan fingerprint density at radius 3 is 1.76 bits per heavy atom. The van der Waals surface area contributed by atoms with Crippen LogP contribution in [0.1, 0.15) is 63.9 Å². The van der Waals surface area contributed by atoms with Gasteiger partial charge in [-0.25, -0.2) is 0 Å². The average molecular weight is 462 g/mol. The molecule has 0 bridgehead atoms. The summed E-state index contributed by atoms with van der Waals surface area (Å²) in [5.74, 6) is -0.965. The summed E-state index contributed by atoms with van der Waals surface area (Å²) < 4.78 is 0. The highest BCUT2D eigenvalue weighted by Gasteiger charge is 2.04. The highest BCUT2D eigenvalue weighted by Crippen LogP contribution is 2.12. The predicted molar refractivity (Wildman–Crippen MR) is 144 cm³/mol. The molecule has 0 fully saturated rings. The van der Waals surface area contributed by atoms with Crippen LogP contribution >= 0.6 is 0 Å². The van der Waals surface area contributed by atoms with Crippen LogP contribution in [0, 0.1) is 0 Å². The Bertz CT molecular complexity index is 888. The van der Waals surface area contributed by atoms with E-state index in [4.69, 9.17) is 5.11 Å². The molecule has 0 aliphatic rings. The quantitative estimate of drug-likeness (QED) is 0.233. The largest absolute Gasteiger partial charge is 0.481 e. The van der Waals surface area contributed by atoms with Crippen molar-refractivity contribution in [2.24, 2.45) is 0 Å². The number of amides is 1. The number of allylic oxidation sites excluding steroid dienone is 12. The number of carbonyl (C=O) groups excluding carboxylic acids is 1. The number of hydrogen-bond acceptors (Lipinski definition) is 2. The van der Waals surface area contributed by atoms with E-state index in [-0.39, 0.29) is 12.3 Å². The highest BCUT2D eigenvalue weighted by atomic mass is 16.4. The van der Waals surface area contributed by atoms with E-state index >= 15 is 0 Å². The molecule has 0 aliphatic heterocycles. The van der Waals surface area contributed by atoms with E-state index in [1.807, 2.05) is 6.08 Å². The molecule has 0 heterocycles. The fraction of sp³-hybridized carbons (Fsp3) is 0.333. The zero-order valence-electron chi connectivity index (χ0n) is 20.4. The minimum atomic E-state index is -0.888. The van der Waals surface area contributed by atoms with Gasteiger partial charge in [0.2, 0.25) is 5.91 Å². The first-order valence-corrected chi connectivity index (χ1v) is 12.1. The summed E-state index contributed by atoms with van der Waals surface area (Å²) in [6.45, 7) is 2.15. The van der Waals surface area contributed by atoms with Crippen molar-refractivity contribution in [3.8, 4) is 0 Å². The van der Waals surface area contributed by atoms with Crippen LogP contribution in [0.25, 0.3) is 0 Å². The lowest BCUT2D eigenvalue weighted by Crippen LogP contribution is -2.11. The van der Waals surface area contributed by atoms with Crippen LogP contribution < -0.4 is 5.32 Å². The minimum absolute atomic E-state index is 0.0533. The topological polar surface area (TPSA) is 66.4 Å². The molecule has 0 atom stereocenters. The molecule has 2 N–H and O–H groups in total. The van der Waals surface area contributed by atoms with Crippen molar-refractivity contribution < 1.29 is 14.7 Å². The Morgan fingerprint density at radius 1 is 0.765 bits per heavy atom. The maximum absolute atomic E-state index is 12.0.